The highest BCUT2D eigenvalue weighted by molar-refractivity contribution is 7.09. The van der Waals surface area contributed by atoms with Crippen LogP contribution in [0.25, 0.3) is 0 Å². The molecule has 1 atom stereocenters. The largest absolute Gasteiger partial charge is 0.371 e. The lowest BCUT2D eigenvalue weighted by atomic mass is 10.1. The SMILES string of the molecule is Cc1nc(C(=O)Nc2ccc([C@@H]3CNCCO3)cc2)cs1. The zero-order valence-corrected chi connectivity index (χ0v) is 12.6. The number of thiazole rings is 1. The van der Waals surface area contributed by atoms with E-state index in [9.17, 15) is 4.79 Å². The van der Waals surface area contributed by atoms with Crippen molar-refractivity contribution in [1.82, 2.24) is 10.3 Å². The molecular formula is C15H17N3O2S. The number of hydrogen-bond acceptors (Lipinski definition) is 5. The van der Waals surface area contributed by atoms with Crippen molar-refractivity contribution in [2.45, 2.75) is 13.0 Å². The summed E-state index contributed by atoms with van der Waals surface area (Å²) in [4.78, 5) is 16.2. The zero-order valence-electron chi connectivity index (χ0n) is 11.8. The Hall–Kier alpha value is -1.76. The molecule has 110 valence electrons. The number of aromatic nitrogens is 1. The normalized spacial score (nSPS) is 18.4. The summed E-state index contributed by atoms with van der Waals surface area (Å²) in [5.41, 5.74) is 2.34. The van der Waals surface area contributed by atoms with Gasteiger partial charge in [-0.05, 0) is 24.6 Å². The molecule has 1 aromatic heterocycles. The van der Waals surface area contributed by atoms with Crippen molar-refractivity contribution >= 4 is 22.9 Å². The van der Waals surface area contributed by atoms with Gasteiger partial charge in [-0.2, -0.15) is 0 Å². The van der Waals surface area contributed by atoms with Gasteiger partial charge in [0.2, 0.25) is 0 Å². The summed E-state index contributed by atoms with van der Waals surface area (Å²) < 4.78 is 5.70. The minimum absolute atomic E-state index is 0.0877. The summed E-state index contributed by atoms with van der Waals surface area (Å²) in [6, 6.07) is 7.76. The molecule has 0 saturated carbocycles. The van der Waals surface area contributed by atoms with Gasteiger partial charge in [0.25, 0.3) is 5.91 Å². The number of amides is 1. The van der Waals surface area contributed by atoms with Crippen LogP contribution in [0.1, 0.15) is 27.2 Å². The fraction of sp³-hybridized carbons (Fsp3) is 0.333. The van der Waals surface area contributed by atoms with Crippen LogP contribution in [0, 0.1) is 6.92 Å². The molecule has 0 aliphatic carbocycles. The van der Waals surface area contributed by atoms with E-state index >= 15 is 0 Å². The van der Waals surface area contributed by atoms with E-state index in [1.807, 2.05) is 31.2 Å². The number of rotatable bonds is 3. The van der Waals surface area contributed by atoms with E-state index in [4.69, 9.17) is 4.74 Å². The van der Waals surface area contributed by atoms with E-state index in [0.717, 1.165) is 36.0 Å². The summed E-state index contributed by atoms with van der Waals surface area (Å²) in [6.07, 6.45) is 0.0877. The molecule has 1 aliphatic heterocycles. The number of ether oxygens (including phenoxy) is 1. The molecule has 2 aromatic rings. The molecule has 3 rings (SSSR count). The molecule has 1 amide bonds. The van der Waals surface area contributed by atoms with Crippen molar-refractivity contribution in [3.05, 3.63) is 45.9 Å². The smallest absolute Gasteiger partial charge is 0.275 e. The van der Waals surface area contributed by atoms with Crippen LogP contribution in [0.2, 0.25) is 0 Å². The molecule has 6 heteroatoms. The molecule has 0 unspecified atom stereocenters. The molecule has 1 saturated heterocycles. The Kier molecular flexibility index (Phi) is 4.28. The molecule has 0 radical (unpaired) electrons. The van der Waals surface area contributed by atoms with Crippen molar-refractivity contribution in [1.29, 1.82) is 0 Å². The van der Waals surface area contributed by atoms with Crippen LogP contribution in [0.5, 0.6) is 0 Å². The van der Waals surface area contributed by atoms with Crippen molar-refractivity contribution in [2.75, 3.05) is 25.0 Å². The Morgan fingerprint density at radius 3 is 2.86 bits per heavy atom. The van der Waals surface area contributed by atoms with E-state index in [1.54, 1.807) is 5.38 Å². The van der Waals surface area contributed by atoms with Crippen molar-refractivity contribution in [3.8, 4) is 0 Å². The van der Waals surface area contributed by atoms with Gasteiger partial charge in [0.15, 0.2) is 0 Å². The lowest BCUT2D eigenvalue weighted by molar-refractivity contribution is 0.0277. The number of nitrogens with one attached hydrogen (secondary N) is 2. The maximum absolute atomic E-state index is 12.0. The van der Waals surface area contributed by atoms with E-state index in [0.29, 0.717) is 5.69 Å². The van der Waals surface area contributed by atoms with E-state index in [2.05, 4.69) is 15.6 Å². The highest BCUT2D eigenvalue weighted by atomic mass is 32.1. The maximum Gasteiger partial charge on any atom is 0.275 e. The third kappa shape index (κ3) is 3.47. The molecule has 1 aliphatic rings. The second-order valence-corrected chi connectivity index (χ2v) is 5.95. The molecule has 1 aromatic carbocycles. The summed E-state index contributed by atoms with van der Waals surface area (Å²) in [7, 11) is 0. The second-order valence-electron chi connectivity index (χ2n) is 4.89. The first-order valence-electron chi connectivity index (χ1n) is 6.88. The number of aryl methyl sites for hydroxylation is 1. The van der Waals surface area contributed by atoms with Crippen LogP contribution < -0.4 is 10.6 Å². The lowest BCUT2D eigenvalue weighted by Gasteiger charge is -2.24. The first-order valence-corrected chi connectivity index (χ1v) is 7.76. The Morgan fingerprint density at radius 2 is 2.24 bits per heavy atom. The van der Waals surface area contributed by atoms with Gasteiger partial charge < -0.3 is 15.4 Å². The number of hydrogen-bond donors (Lipinski definition) is 2. The molecule has 2 N–H and O–H groups in total. The molecule has 0 spiro atoms. The van der Waals surface area contributed by atoms with E-state index in [-0.39, 0.29) is 12.0 Å². The highest BCUT2D eigenvalue weighted by Crippen LogP contribution is 2.21. The Labute approximate surface area is 127 Å². The van der Waals surface area contributed by atoms with Gasteiger partial charge in [0.1, 0.15) is 5.69 Å². The van der Waals surface area contributed by atoms with Crippen LogP contribution in [0.4, 0.5) is 5.69 Å². The number of carbonyl (C=O) groups is 1. The van der Waals surface area contributed by atoms with Crippen LogP contribution in [0.3, 0.4) is 0 Å². The topological polar surface area (TPSA) is 63.2 Å². The standard InChI is InChI=1S/C15H17N3O2S/c1-10-17-13(9-21-10)15(19)18-12-4-2-11(3-5-12)14-8-16-6-7-20-14/h2-5,9,14,16H,6-8H2,1H3,(H,18,19)/t14-/m0/s1. The number of morpholine rings is 1. The lowest BCUT2D eigenvalue weighted by Crippen LogP contribution is -2.33. The maximum atomic E-state index is 12.0. The predicted molar refractivity (Wildman–Crippen MR) is 82.8 cm³/mol. The van der Waals surface area contributed by atoms with Gasteiger partial charge >= 0.3 is 0 Å². The zero-order chi connectivity index (χ0) is 14.7. The molecule has 21 heavy (non-hydrogen) atoms. The van der Waals surface area contributed by atoms with Gasteiger partial charge in [-0.1, -0.05) is 12.1 Å². The average molecular weight is 303 g/mol. The Balaban J connectivity index is 1.65. The third-order valence-corrected chi connectivity index (χ3v) is 4.09. The van der Waals surface area contributed by atoms with Gasteiger partial charge in [0.05, 0.1) is 17.7 Å². The second kappa shape index (κ2) is 6.34. The van der Waals surface area contributed by atoms with Crippen molar-refractivity contribution in [3.63, 3.8) is 0 Å². The molecule has 5 nitrogen and oxygen atoms in total. The fourth-order valence-electron chi connectivity index (χ4n) is 2.22. The fourth-order valence-corrected chi connectivity index (χ4v) is 2.82. The molecular weight excluding hydrogens is 286 g/mol. The Bertz CT molecular complexity index is 618. The minimum atomic E-state index is -0.178. The van der Waals surface area contributed by atoms with Crippen LogP contribution >= 0.6 is 11.3 Å². The van der Waals surface area contributed by atoms with Crippen molar-refractivity contribution in [2.24, 2.45) is 0 Å². The van der Waals surface area contributed by atoms with E-state index in [1.165, 1.54) is 11.3 Å². The molecule has 2 heterocycles. The average Bonchev–Trinajstić information content (AvgIpc) is 2.96. The summed E-state index contributed by atoms with van der Waals surface area (Å²) in [5.74, 6) is -0.178. The summed E-state index contributed by atoms with van der Waals surface area (Å²) in [5, 5.41) is 8.80. The predicted octanol–water partition coefficient (Wildman–Crippen LogP) is 2.36. The van der Waals surface area contributed by atoms with Gasteiger partial charge in [-0.25, -0.2) is 4.98 Å². The number of benzene rings is 1. The van der Waals surface area contributed by atoms with Gasteiger partial charge in [0, 0.05) is 24.2 Å². The quantitative estimate of drug-likeness (QED) is 0.914. The summed E-state index contributed by atoms with van der Waals surface area (Å²) in [6.45, 7) is 4.34. The number of carbonyl (C=O) groups excluding carboxylic acids is 1. The monoisotopic (exact) mass is 303 g/mol. The van der Waals surface area contributed by atoms with Crippen molar-refractivity contribution < 1.29 is 9.53 Å². The van der Waals surface area contributed by atoms with Gasteiger partial charge in [-0.3, -0.25) is 4.79 Å². The molecule has 0 bridgehead atoms. The van der Waals surface area contributed by atoms with E-state index < -0.39 is 0 Å². The van der Waals surface area contributed by atoms with Crippen LogP contribution in [-0.4, -0.2) is 30.6 Å². The van der Waals surface area contributed by atoms with Crippen LogP contribution in [0.15, 0.2) is 29.6 Å². The Morgan fingerprint density at radius 1 is 1.43 bits per heavy atom. The van der Waals surface area contributed by atoms with Crippen LogP contribution in [-0.2, 0) is 4.74 Å². The third-order valence-electron chi connectivity index (χ3n) is 3.32. The molecule has 1 fully saturated rings. The first-order chi connectivity index (χ1) is 10.2. The van der Waals surface area contributed by atoms with Gasteiger partial charge in [-0.15, -0.1) is 11.3 Å². The first kappa shape index (κ1) is 14.2. The minimum Gasteiger partial charge on any atom is -0.371 e. The number of nitrogens with zero attached hydrogens (tertiary/aromatic N) is 1. The summed E-state index contributed by atoms with van der Waals surface area (Å²) >= 11 is 1.47. The number of anilines is 1. The highest BCUT2D eigenvalue weighted by Gasteiger charge is 2.15.